The van der Waals surface area contributed by atoms with Gasteiger partial charge in [-0.05, 0) is 46.7 Å². The van der Waals surface area contributed by atoms with Gasteiger partial charge in [0.2, 0.25) is 0 Å². The van der Waals surface area contributed by atoms with Gasteiger partial charge in [0.05, 0.1) is 0 Å². The van der Waals surface area contributed by atoms with Gasteiger partial charge in [0.25, 0.3) is 6.04 Å². The van der Waals surface area contributed by atoms with Crippen molar-refractivity contribution in [1.82, 2.24) is 0 Å². The van der Waals surface area contributed by atoms with Gasteiger partial charge < -0.3 is 0 Å². The first-order valence-electron chi connectivity index (χ1n) is 8.13. The predicted molar refractivity (Wildman–Crippen MR) is 97.5 cm³/mol. The Hall–Kier alpha value is -1.40. The fourth-order valence-electron chi connectivity index (χ4n) is 3.80. The molecular formula is C19H22BrN2+. The fraction of sp³-hybridized carbons (Fsp3) is 0.474. The highest BCUT2D eigenvalue weighted by molar-refractivity contribution is 9.11. The van der Waals surface area contributed by atoms with Crippen molar-refractivity contribution in [2.45, 2.75) is 39.2 Å². The third-order valence-electron chi connectivity index (χ3n) is 4.78. The van der Waals surface area contributed by atoms with Crippen LogP contribution in [0.5, 0.6) is 0 Å². The third kappa shape index (κ3) is 3.03. The molecule has 0 aromatic rings. The Morgan fingerprint density at radius 1 is 1.50 bits per heavy atom. The molecule has 1 aliphatic heterocycles. The Morgan fingerprint density at radius 2 is 2.36 bits per heavy atom. The standard InChI is InChI=1S/C19H22BrN2/c1-3-5-16(14-8-9-15(20)10-14)19-13(2)6-4-7-17(19)18-11-21-12-22-18/h4,6-8,10-11,13,16,18-19H,3,5,9H2,1-2H3/q+1/t13?,16?,18?,19-/m0/s1. The van der Waals surface area contributed by atoms with Crippen LogP contribution in [0.15, 0.2) is 51.0 Å². The number of halogens is 1. The molecule has 0 N–H and O–H groups in total. The van der Waals surface area contributed by atoms with Crippen LogP contribution in [0.2, 0.25) is 0 Å². The number of nitrogens with zero attached hydrogens (tertiary/aromatic N) is 2. The summed E-state index contributed by atoms with van der Waals surface area (Å²) in [7, 11) is 0. The highest BCUT2D eigenvalue weighted by atomic mass is 79.9. The van der Waals surface area contributed by atoms with E-state index >= 15 is 0 Å². The summed E-state index contributed by atoms with van der Waals surface area (Å²) in [4.78, 5) is 8.48. The zero-order chi connectivity index (χ0) is 15.5. The van der Waals surface area contributed by atoms with E-state index in [0.29, 0.717) is 17.8 Å². The molecule has 0 saturated heterocycles. The first kappa shape index (κ1) is 15.5. The Balaban J connectivity index is 1.94. The average Bonchev–Trinajstić information content (AvgIpc) is 3.16. The monoisotopic (exact) mass is 357 g/mol. The van der Waals surface area contributed by atoms with Gasteiger partial charge in [-0.15, -0.1) is 0 Å². The van der Waals surface area contributed by atoms with Gasteiger partial charge in [-0.25, -0.2) is 0 Å². The zero-order valence-corrected chi connectivity index (χ0v) is 14.8. The maximum absolute atomic E-state index is 4.41. The lowest BCUT2D eigenvalue weighted by molar-refractivity contribution is 0.335. The molecule has 0 bridgehead atoms. The summed E-state index contributed by atoms with van der Waals surface area (Å²) >= 11 is 3.65. The minimum Gasteiger partial charge on any atom is -0.181 e. The molecule has 0 amide bonds. The lowest BCUT2D eigenvalue weighted by Gasteiger charge is -2.34. The summed E-state index contributed by atoms with van der Waals surface area (Å²) in [5.41, 5.74) is 2.87. The molecule has 3 aliphatic rings. The summed E-state index contributed by atoms with van der Waals surface area (Å²) < 4.78 is 1.29. The van der Waals surface area contributed by atoms with Crippen molar-refractivity contribution in [2.75, 3.05) is 0 Å². The van der Waals surface area contributed by atoms with E-state index in [9.17, 15) is 0 Å². The summed E-state index contributed by atoms with van der Waals surface area (Å²) in [6.07, 6.45) is 19.5. The van der Waals surface area contributed by atoms with Crippen LogP contribution >= 0.6 is 15.9 Å². The largest absolute Gasteiger partial charge is 0.423 e. The summed E-state index contributed by atoms with van der Waals surface area (Å²) in [5, 5.41) is 0. The van der Waals surface area contributed by atoms with Gasteiger partial charge in [0.15, 0.2) is 6.21 Å². The van der Waals surface area contributed by atoms with Crippen LogP contribution in [-0.2, 0) is 0 Å². The Bertz CT molecular complexity index is 655. The first-order valence-corrected chi connectivity index (χ1v) is 8.92. The molecule has 3 rings (SSSR count). The normalized spacial score (nSPS) is 30.5. The molecule has 0 fully saturated rings. The minimum absolute atomic E-state index is 0.0752. The Kier molecular flexibility index (Phi) is 4.78. The van der Waals surface area contributed by atoms with Gasteiger partial charge >= 0.3 is 6.19 Å². The molecule has 1 heterocycles. The van der Waals surface area contributed by atoms with Crippen molar-refractivity contribution in [3.63, 3.8) is 0 Å². The number of allylic oxidation sites excluding steroid dienone is 7. The van der Waals surface area contributed by atoms with Crippen molar-refractivity contribution >= 4 is 22.1 Å². The SMILES string of the molecule is CCCC(C1=CCC(Br)=C1)[C@H]1C(C2C=NC#[N+]2)=CC=CC1C. The van der Waals surface area contributed by atoms with Crippen LogP contribution in [0.25, 0.3) is 4.85 Å². The van der Waals surface area contributed by atoms with E-state index < -0.39 is 0 Å². The first-order chi connectivity index (χ1) is 10.7. The maximum atomic E-state index is 4.41. The van der Waals surface area contributed by atoms with Crippen LogP contribution in [0.4, 0.5) is 0 Å². The van der Waals surface area contributed by atoms with E-state index in [1.54, 1.807) is 0 Å². The number of rotatable bonds is 5. The lowest BCUT2D eigenvalue weighted by atomic mass is 9.69. The van der Waals surface area contributed by atoms with E-state index in [0.717, 1.165) is 6.42 Å². The highest BCUT2D eigenvalue weighted by Gasteiger charge is 2.38. The van der Waals surface area contributed by atoms with Crippen LogP contribution in [-0.4, -0.2) is 12.3 Å². The molecule has 0 spiro atoms. The second kappa shape index (κ2) is 6.79. The fourth-order valence-corrected chi connectivity index (χ4v) is 4.23. The number of hydrogen-bond donors (Lipinski definition) is 0. The maximum Gasteiger partial charge on any atom is 0.423 e. The molecule has 22 heavy (non-hydrogen) atoms. The second-order valence-corrected chi connectivity index (χ2v) is 7.30. The van der Waals surface area contributed by atoms with Crippen LogP contribution in [0.3, 0.4) is 0 Å². The van der Waals surface area contributed by atoms with E-state index in [2.05, 4.69) is 76.2 Å². The van der Waals surface area contributed by atoms with E-state index in [-0.39, 0.29) is 6.04 Å². The lowest BCUT2D eigenvalue weighted by Crippen LogP contribution is -2.30. The van der Waals surface area contributed by atoms with Crippen molar-refractivity contribution < 1.29 is 0 Å². The van der Waals surface area contributed by atoms with Gasteiger partial charge in [-0.2, -0.15) is 4.85 Å². The van der Waals surface area contributed by atoms with Crippen molar-refractivity contribution in [3.05, 3.63) is 50.9 Å². The van der Waals surface area contributed by atoms with Crippen LogP contribution in [0, 0.1) is 23.9 Å². The van der Waals surface area contributed by atoms with Gasteiger partial charge in [0, 0.05) is 10.6 Å². The molecule has 0 aromatic carbocycles. The van der Waals surface area contributed by atoms with E-state index in [1.807, 2.05) is 6.21 Å². The summed E-state index contributed by atoms with van der Waals surface area (Å²) in [6.45, 7) is 4.60. The smallest absolute Gasteiger partial charge is 0.181 e. The molecular weight excluding hydrogens is 336 g/mol. The third-order valence-corrected chi connectivity index (χ3v) is 5.34. The Morgan fingerprint density at radius 3 is 3.00 bits per heavy atom. The molecule has 2 nitrogen and oxygen atoms in total. The minimum atomic E-state index is 0.0752. The van der Waals surface area contributed by atoms with Crippen molar-refractivity contribution in [3.8, 4) is 6.19 Å². The number of hydrogen-bond acceptors (Lipinski definition) is 1. The summed E-state index contributed by atoms with van der Waals surface area (Å²) in [5.74, 6) is 1.57. The quantitative estimate of drug-likeness (QED) is 0.577. The van der Waals surface area contributed by atoms with E-state index in [1.165, 1.54) is 28.5 Å². The second-order valence-electron chi connectivity index (χ2n) is 6.28. The molecule has 3 heteroatoms. The molecule has 3 unspecified atom stereocenters. The molecule has 4 atom stereocenters. The Labute approximate surface area is 141 Å². The van der Waals surface area contributed by atoms with Gasteiger partial charge in [0.1, 0.15) is 0 Å². The van der Waals surface area contributed by atoms with Crippen LogP contribution in [0.1, 0.15) is 33.1 Å². The average molecular weight is 358 g/mol. The van der Waals surface area contributed by atoms with Crippen LogP contribution < -0.4 is 0 Å². The van der Waals surface area contributed by atoms with E-state index in [4.69, 9.17) is 0 Å². The van der Waals surface area contributed by atoms with Gasteiger partial charge in [-0.1, -0.05) is 60.5 Å². The topological polar surface area (TPSA) is 16.7 Å². The molecule has 114 valence electrons. The number of aliphatic imine (C=N–C) groups is 1. The molecule has 2 aliphatic carbocycles. The van der Waals surface area contributed by atoms with Gasteiger partial charge in [-0.3, -0.25) is 0 Å². The predicted octanol–water partition coefficient (Wildman–Crippen LogP) is 5.50. The molecule has 0 radical (unpaired) electrons. The van der Waals surface area contributed by atoms with Crippen molar-refractivity contribution in [2.24, 2.45) is 22.7 Å². The highest BCUT2D eigenvalue weighted by Crippen LogP contribution is 2.43. The molecule has 0 saturated carbocycles. The zero-order valence-electron chi connectivity index (χ0n) is 13.2. The van der Waals surface area contributed by atoms with Crippen molar-refractivity contribution in [1.29, 1.82) is 0 Å². The summed E-state index contributed by atoms with van der Waals surface area (Å²) in [6, 6.07) is 0.0752. The molecule has 0 aromatic heterocycles.